The molecule has 0 aliphatic carbocycles. The first-order valence-corrected chi connectivity index (χ1v) is 17.2. The lowest BCUT2D eigenvalue weighted by atomic mass is 10.2. The van der Waals surface area contributed by atoms with Crippen molar-refractivity contribution in [3.63, 3.8) is 0 Å². The summed E-state index contributed by atoms with van der Waals surface area (Å²) < 4.78 is 44.2. The third kappa shape index (κ3) is 6.52. The van der Waals surface area contributed by atoms with E-state index >= 15 is 0 Å². The molecule has 19 heteroatoms. The van der Waals surface area contributed by atoms with Crippen LogP contribution in [0.2, 0.25) is 0 Å². The number of allylic oxidation sites excluding steroid dienone is 1. The number of benzene rings is 1. The minimum absolute atomic E-state index is 0.0287. The fourth-order valence-electron chi connectivity index (χ4n) is 4.57. The highest BCUT2D eigenvalue weighted by Gasteiger charge is 2.36. The molecule has 5 rings (SSSR count). The molecule has 0 radical (unpaired) electrons. The first-order valence-electron chi connectivity index (χ1n) is 12.8. The number of carbonyl (C=O) groups is 3. The lowest BCUT2D eigenvalue weighted by Crippen LogP contribution is -2.37. The summed E-state index contributed by atoms with van der Waals surface area (Å²) in [7, 11) is -4.21. The fraction of sp³-hybridized carbons (Fsp3) is 0.320. The summed E-state index contributed by atoms with van der Waals surface area (Å²) in [5, 5.41) is 19.4. The zero-order valence-corrected chi connectivity index (χ0v) is 26.8. The Kier molecular flexibility index (Phi) is 9.15. The summed E-state index contributed by atoms with van der Waals surface area (Å²) in [6.45, 7) is 0.628. The van der Waals surface area contributed by atoms with Gasteiger partial charge in [0, 0.05) is 23.6 Å². The molecule has 4 heterocycles. The normalized spacial score (nSPS) is 18.8. The highest BCUT2D eigenvalue weighted by molar-refractivity contribution is 8.30. The average molecular weight is 702 g/mol. The first kappa shape index (κ1) is 32.0. The van der Waals surface area contributed by atoms with Crippen molar-refractivity contribution < 1.29 is 47.0 Å². The molecule has 1 saturated heterocycles. The maximum atomic E-state index is 13.7. The molecule has 3 aliphatic heterocycles. The Labute approximate surface area is 267 Å². The number of aliphatic carboxylic acids is 2. The quantitative estimate of drug-likeness (QED) is 0.235. The van der Waals surface area contributed by atoms with Crippen LogP contribution < -0.4 is 29.1 Å². The van der Waals surface area contributed by atoms with Crippen molar-refractivity contribution in [2.24, 2.45) is 0 Å². The molecular weight excluding hydrogens is 679 g/mol. The van der Waals surface area contributed by atoms with E-state index in [1.54, 1.807) is 25.1 Å². The Balaban J connectivity index is 1.65. The SMILES string of the molecule is CCC(C=C1Sc2cc3c(cc2N1CCCS(=O)(=O)O)OCO3)=c1sc(=C2SC(=S)N(CC(=O)O)C2=O)n(CC(=O)O)c1=O. The first-order chi connectivity index (χ1) is 20.8. The number of aromatic nitrogens is 1. The largest absolute Gasteiger partial charge is 0.480 e. The van der Waals surface area contributed by atoms with Gasteiger partial charge < -0.3 is 24.6 Å². The third-order valence-electron chi connectivity index (χ3n) is 6.49. The summed E-state index contributed by atoms with van der Waals surface area (Å²) in [5.74, 6) is -2.76. The number of thiocarbonyl (C=S) groups is 1. The molecule has 14 nitrogen and oxygen atoms in total. The second kappa shape index (κ2) is 12.6. The van der Waals surface area contributed by atoms with Gasteiger partial charge in [0.15, 0.2) is 11.5 Å². The van der Waals surface area contributed by atoms with Crippen molar-refractivity contribution in [1.29, 1.82) is 0 Å². The van der Waals surface area contributed by atoms with Gasteiger partial charge >= 0.3 is 11.9 Å². The van der Waals surface area contributed by atoms with Gasteiger partial charge in [-0.15, -0.1) is 11.3 Å². The van der Waals surface area contributed by atoms with Gasteiger partial charge in [-0.25, -0.2) is 0 Å². The highest BCUT2D eigenvalue weighted by atomic mass is 32.2. The molecule has 0 spiro atoms. The van der Waals surface area contributed by atoms with E-state index < -0.39 is 52.4 Å². The van der Waals surface area contributed by atoms with Crippen LogP contribution in [-0.2, 0) is 31.0 Å². The van der Waals surface area contributed by atoms with Crippen LogP contribution in [0.1, 0.15) is 19.8 Å². The Morgan fingerprint density at radius 3 is 2.39 bits per heavy atom. The predicted molar refractivity (Wildman–Crippen MR) is 167 cm³/mol. The van der Waals surface area contributed by atoms with Crippen molar-refractivity contribution in [2.45, 2.75) is 31.2 Å². The zero-order valence-electron chi connectivity index (χ0n) is 22.7. The topological polar surface area (TPSA) is 193 Å². The van der Waals surface area contributed by atoms with Gasteiger partial charge in [0.05, 0.1) is 21.0 Å². The predicted octanol–water partition coefficient (Wildman–Crippen LogP) is 1.07. The molecule has 2 aromatic rings. The molecule has 1 aromatic heterocycles. The summed E-state index contributed by atoms with van der Waals surface area (Å²) in [6, 6.07) is 3.55. The van der Waals surface area contributed by atoms with Crippen LogP contribution in [0.3, 0.4) is 0 Å². The second-order valence-electron chi connectivity index (χ2n) is 9.43. The van der Waals surface area contributed by atoms with Gasteiger partial charge in [0.25, 0.3) is 21.6 Å². The number of thiazole rings is 1. The number of ether oxygens (including phenoxy) is 2. The van der Waals surface area contributed by atoms with Crippen LogP contribution >= 0.6 is 47.1 Å². The van der Waals surface area contributed by atoms with E-state index in [-0.39, 0.29) is 38.2 Å². The molecule has 3 N–H and O–H groups in total. The molecule has 44 heavy (non-hydrogen) atoms. The highest BCUT2D eigenvalue weighted by Crippen LogP contribution is 2.51. The minimum Gasteiger partial charge on any atom is -0.480 e. The molecule has 0 saturated carbocycles. The van der Waals surface area contributed by atoms with E-state index in [1.165, 1.54) is 11.8 Å². The molecule has 234 valence electrons. The van der Waals surface area contributed by atoms with Gasteiger partial charge in [0.1, 0.15) is 27.0 Å². The number of nitrogens with zero attached hydrogens (tertiary/aromatic N) is 3. The molecule has 1 aromatic carbocycles. The van der Waals surface area contributed by atoms with Gasteiger partial charge in [-0.3, -0.25) is 33.2 Å². The Hall–Kier alpha value is -3.36. The van der Waals surface area contributed by atoms with Crippen LogP contribution in [0, 0.1) is 0 Å². The number of anilines is 1. The van der Waals surface area contributed by atoms with E-state index in [1.807, 2.05) is 4.90 Å². The molecule has 0 atom stereocenters. The lowest BCUT2D eigenvalue weighted by Gasteiger charge is -2.20. The maximum Gasteiger partial charge on any atom is 0.323 e. The van der Waals surface area contributed by atoms with Crippen molar-refractivity contribution in [3.8, 4) is 11.5 Å². The second-order valence-corrected chi connectivity index (χ2v) is 14.7. The van der Waals surface area contributed by atoms with Gasteiger partial charge in [-0.05, 0) is 24.5 Å². The molecular formula is C25H23N3O11S5. The van der Waals surface area contributed by atoms with Crippen molar-refractivity contribution in [2.75, 3.05) is 30.5 Å². The van der Waals surface area contributed by atoms with Crippen LogP contribution in [0.15, 0.2) is 32.9 Å². The number of hydrogen-bond acceptors (Lipinski definition) is 13. The monoisotopic (exact) mass is 701 g/mol. The van der Waals surface area contributed by atoms with Gasteiger partial charge in [-0.2, -0.15) is 8.42 Å². The Morgan fingerprint density at radius 2 is 1.75 bits per heavy atom. The molecule has 1 amide bonds. The number of amides is 1. The number of hydrogen-bond donors (Lipinski definition) is 3. The van der Waals surface area contributed by atoms with E-state index in [0.717, 1.165) is 37.5 Å². The van der Waals surface area contributed by atoms with E-state index in [4.69, 9.17) is 21.7 Å². The van der Waals surface area contributed by atoms with Gasteiger partial charge in [-0.1, -0.05) is 42.7 Å². The van der Waals surface area contributed by atoms with Gasteiger partial charge in [0.2, 0.25) is 6.79 Å². The molecule has 3 aliphatic rings. The molecule has 0 unspecified atom stereocenters. The maximum absolute atomic E-state index is 13.7. The minimum atomic E-state index is -4.21. The van der Waals surface area contributed by atoms with E-state index in [0.29, 0.717) is 34.2 Å². The number of rotatable bonds is 10. The smallest absolute Gasteiger partial charge is 0.323 e. The number of thioether (sulfide) groups is 2. The van der Waals surface area contributed by atoms with Crippen LogP contribution in [0.5, 0.6) is 11.5 Å². The van der Waals surface area contributed by atoms with Crippen LogP contribution in [0.4, 0.5) is 5.69 Å². The number of carboxylic acids is 2. The Bertz CT molecular complexity index is 1930. The molecule has 0 bridgehead atoms. The van der Waals surface area contributed by atoms with Crippen LogP contribution in [0.25, 0.3) is 10.5 Å². The number of carboxylic acid groups (broad SMARTS) is 2. The summed E-state index contributed by atoms with van der Waals surface area (Å²) in [5.41, 5.74) is 0.576. The van der Waals surface area contributed by atoms with Crippen molar-refractivity contribution in [1.82, 2.24) is 9.47 Å². The average Bonchev–Trinajstić information content (AvgIpc) is 3.67. The summed E-state index contributed by atoms with van der Waals surface area (Å²) >= 11 is 8.22. The van der Waals surface area contributed by atoms with Crippen molar-refractivity contribution >= 4 is 95.5 Å². The summed E-state index contributed by atoms with van der Waals surface area (Å²) in [4.78, 5) is 53.2. The third-order valence-corrected chi connectivity index (χ3v) is 11.2. The zero-order chi connectivity index (χ0) is 31.9. The molecule has 1 fully saturated rings. The number of fused-ring (bicyclic) bond motifs is 2. The van der Waals surface area contributed by atoms with E-state index in [2.05, 4.69) is 0 Å². The van der Waals surface area contributed by atoms with E-state index in [9.17, 15) is 42.4 Å². The fourth-order valence-corrected chi connectivity index (χ4v) is 8.87. The summed E-state index contributed by atoms with van der Waals surface area (Å²) in [6.07, 6.45) is 2.15. The lowest BCUT2D eigenvalue weighted by molar-refractivity contribution is -0.140. The Morgan fingerprint density at radius 1 is 1.07 bits per heavy atom. The standard InChI is InChI=1S/C25H23N3O11S5/c1-2-12(6-17-26(4-3-5-44(35,36)37)13-7-14-15(39-11-38-14)8-16(13)41-17)20-22(33)27(9-18(29)30)24(42-20)21-23(34)28(10-19(31)32)25(40)43-21/h6-8H,2-5,9-11H2,1H3,(H,29,30)(H,31,32)(H,35,36,37). The van der Waals surface area contributed by atoms with Crippen molar-refractivity contribution in [3.05, 3.63) is 42.8 Å². The number of carbonyl (C=O) groups excluding carboxylic acids is 1. The van der Waals surface area contributed by atoms with Crippen LogP contribution in [-0.4, -0.2) is 80.5 Å².